The predicted molar refractivity (Wildman–Crippen MR) is 80.0 cm³/mol. The van der Waals surface area contributed by atoms with Crippen LogP contribution in [0.4, 0.5) is 0 Å². The van der Waals surface area contributed by atoms with Crippen LogP contribution in [0.5, 0.6) is 0 Å². The molecule has 0 amide bonds. The van der Waals surface area contributed by atoms with Crippen molar-refractivity contribution in [3.05, 3.63) is 0 Å². The van der Waals surface area contributed by atoms with Gasteiger partial charge in [-0.3, -0.25) is 4.79 Å². The first-order valence-corrected chi connectivity index (χ1v) is 8.15. The summed E-state index contributed by atoms with van der Waals surface area (Å²) in [6.45, 7) is 11.4. The number of carbonyl (C=O) groups excluding carboxylic acids is 1. The van der Waals surface area contributed by atoms with E-state index in [2.05, 4.69) is 27.7 Å². The van der Waals surface area contributed by atoms with Crippen LogP contribution in [-0.2, 0) is 9.53 Å². The highest BCUT2D eigenvalue weighted by atomic mass is 16.5. The molecule has 1 rings (SSSR count). The molecule has 0 aromatic heterocycles. The van der Waals surface area contributed by atoms with Crippen LogP contribution in [0.25, 0.3) is 0 Å². The fourth-order valence-electron chi connectivity index (χ4n) is 3.74. The number of rotatable bonds is 6. The van der Waals surface area contributed by atoms with Gasteiger partial charge in [0, 0.05) is 6.42 Å². The monoisotopic (exact) mass is 268 g/mol. The molecule has 2 heteroatoms. The molecule has 0 aromatic rings. The van der Waals surface area contributed by atoms with Crippen LogP contribution in [0.2, 0.25) is 0 Å². The quantitative estimate of drug-likeness (QED) is 0.636. The van der Waals surface area contributed by atoms with Crippen molar-refractivity contribution in [2.75, 3.05) is 0 Å². The van der Waals surface area contributed by atoms with Crippen LogP contribution in [0.1, 0.15) is 79.6 Å². The average molecular weight is 268 g/mol. The highest BCUT2D eigenvalue weighted by Crippen LogP contribution is 2.49. The van der Waals surface area contributed by atoms with Crippen molar-refractivity contribution in [3.8, 4) is 0 Å². The maximum Gasteiger partial charge on any atom is 0.306 e. The molecule has 112 valence electrons. The van der Waals surface area contributed by atoms with Gasteiger partial charge in [0.05, 0.1) is 0 Å². The molecule has 1 unspecified atom stereocenters. The lowest BCUT2D eigenvalue weighted by atomic mass is 9.59. The van der Waals surface area contributed by atoms with E-state index in [-0.39, 0.29) is 12.1 Å². The summed E-state index contributed by atoms with van der Waals surface area (Å²) in [5.74, 6) is 1.47. The fourth-order valence-corrected chi connectivity index (χ4v) is 3.74. The molecule has 1 aliphatic carbocycles. The third kappa shape index (κ3) is 3.97. The molecule has 0 N–H and O–H groups in total. The van der Waals surface area contributed by atoms with E-state index in [1.807, 2.05) is 6.92 Å². The van der Waals surface area contributed by atoms with Crippen molar-refractivity contribution < 1.29 is 9.53 Å². The smallest absolute Gasteiger partial charge is 0.306 e. The zero-order chi connectivity index (χ0) is 14.5. The maximum atomic E-state index is 11.6. The predicted octanol–water partition coefficient (Wildman–Crippen LogP) is 4.96. The minimum Gasteiger partial charge on any atom is -0.462 e. The molecule has 0 aromatic carbocycles. The number of hydrogen-bond donors (Lipinski definition) is 0. The Morgan fingerprint density at radius 2 is 1.79 bits per heavy atom. The summed E-state index contributed by atoms with van der Waals surface area (Å²) < 4.78 is 5.58. The Morgan fingerprint density at radius 1 is 1.21 bits per heavy atom. The Morgan fingerprint density at radius 3 is 2.21 bits per heavy atom. The van der Waals surface area contributed by atoms with Crippen LogP contribution in [0, 0.1) is 17.3 Å². The summed E-state index contributed by atoms with van der Waals surface area (Å²) in [6, 6.07) is 0. The van der Waals surface area contributed by atoms with Gasteiger partial charge in [0.2, 0.25) is 0 Å². The molecule has 0 aliphatic heterocycles. The molecule has 0 spiro atoms. The van der Waals surface area contributed by atoms with Crippen molar-refractivity contribution in [2.45, 2.75) is 85.7 Å². The van der Waals surface area contributed by atoms with Crippen LogP contribution < -0.4 is 0 Å². The Hall–Kier alpha value is -0.530. The second-order valence-corrected chi connectivity index (χ2v) is 6.64. The Balaban J connectivity index is 2.56. The lowest BCUT2D eigenvalue weighted by molar-refractivity contribution is -0.153. The molecule has 0 saturated heterocycles. The molecule has 1 fully saturated rings. The summed E-state index contributed by atoms with van der Waals surface area (Å²) in [5.41, 5.74) is 0.461. The minimum absolute atomic E-state index is 0.00640. The third-order valence-corrected chi connectivity index (χ3v) is 5.36. The SMILES string of the molecule is CCCC(=O)OC1CCC(C(C)C)(C(C)CC)CC1. The van der Waals surface area contributed by atoms with Crippen LogP contribution in [0.15, 0.2) is 0 Å². The molecule has 2 nitrogen and oxygen atoms in total. The van der Waals surface area contributed by atoms with Gasteiger partial charge in [0.25, 0.3) is 0 Å². The molecule has 0 radical (unpaired) electrons. The largest absolute Gasteiger partial charge is 0.462 e. The number of esters is 1. The standard InChI is InChI=1S/C17H32O2/c1-6-8-16(18)19-15-9-11-17(12-10-15,13(3)4)14(5)7-2/h13-15H,6-12H2,1-5H3. The lowest BCUT2D eigenvalue weighted by Gasteiger charge is -2.47. The molecule has 1 atom stereocenters. The van der Waals surface area contributed by atoms with Gasteiger partial charge in [-0.2, -0.15) is 0 Å². The normalized spacial score (nSPS) is 29.3. The van der Waals surface area contributed by atoms with Crippen molar-refractivity contribution >= 4 is 5.97 Å². The van der Waals surface area contributed by atoms with Gasteiger partial charge in [0.1, 0.15) is 6.10 Å². The molecular formula is C17H32O2. The molecule has 0 heterocycles. The second kappa shape index (κ2) is 7.31. The first-order chi connectivity index (χ1) is 8.96. The van der Waals surface area contributed by atoms with E-state index in [9.17, 15) is 4.79 Å². The average Bonchev–Trinajstić information content (AvgIpc) is 2.38. The molecule has 0 bridgehead atoms. The topological polar surface area (TPSA) is 26.3 Å². The zero-order valence-electron chi connectivity index (χ0n) is 13.5. The summed E-state index contributed by atoms with van der Waals surface area (Å²) in [7, 11) is 0. The number of carbonyl (C=O) groups is 1. The minimum atomic E-state index is -0.00640. The maximum absolute atomic E-state index is 11.6. The fraction of sp³-hybridized carbons (Fsp3) is 0.941. The van der Waals surface area contributed by atoms with Gasteiger partial charge in [-0.05, 0) is 49.4 Å². The van der Waals surface area contributed by atoms with Gasteiger partial charge < -0.3 is 4.74 Å². The van der Waals surface area contributed by atoms with Gasteiger partial charge in [0.15, 0.2) is 0 Å². The highest BCUT2D eigenvalue weighted by Gasteiger charge is 2.42. The Bertz CT molecular complexity index is 275. The van der Waals surface area contributed by atoms with Crippen molar-refractivity contribution in [1.29, 1.82) is 0 Å². The number of hydrogen-bond acceptors (Lipinski definition) is 2. The second-order valence-electron chi connectivity index (χ2n) is 6.64. The Kier molecular flexibility index (Phi) is 6.35. The molecular weight excluding hydrogens is 236 g/mol. The van der Waals surface area contributed by atoms with Crippen LogP contribution in [-0.4, -0.2) is 12.1 Å². The summed E-state index contributed by atoms with van der Waals surface area (Å²) in [5, 5.41) is 0. The summed E-state index contributed by atoms with van der Waals surface area (Å²) >= 11 is 0. The molecule has 1 saturated carbocycles. The van der Waals surface area contributed by atoms with E-state index in [4.69, 9.17) is 4.74 Å². The molecule has 1 aliphatic rings. The van der Waals surface area contributed by atoms with Gasteiger partial charge in [-0.25, -0.2) is 0 Å². The van der Waals surface area contributed by atoms with Crippen molar-refractivity contribution in [1.82, 2.24) is 0 Å². The number of ether oxygens (including phenoxy) is 1. The van der Waals surface area contributed by atoms with E-state index in [0.29, 0.717) is 11.8 Å². The summed E-state index contributed by atoms with van der Waals surface area (Å²) in [4.78, 5) is 11.6. The van der Waals surface area contributed by atoms with E-state index in [1.165, 1.54) is 19.3 Å². The van der Waals surface area contributed by atoms with Gasteiger partial charge in [-0.15, -0.1) is 0 Å². The van der Waals surface area contributed by atoms with Crippen molar-refractivity contribution in [3.63, 3.8) is 0 Å². The van der Waals surface area contributed by atoms with Crippen LogP contribution >= 0.6 is 0 Å². The first-order valence-electron chi connectivity index (χ1n) is 8.15. The van der Waals surface area contributed by atoms with E-state index >= 15 is 0 Å². The van der Waals surface area contributed by atoms with E-state index < -0.39 is 0 Å². The lowest BCUT2D eigenvalue weighted by Crippen LogP contribution is -2.40. The van der Waals surface area contributed by atoms with Crippen LogP contribution in [0.3, 0.4) is 0 Å². The van der Waals surface area contributed by atoms with E-state index in [0.717, 1.165) is 31.1 Å². The van der Waals surface area contributed by atoms with E-state index in [1.54, 1.807) is 0 Å². The van der Waals surface area contributed by atoms with Gasteiger partial charge in [-0.1, -0.05) is 41.0 Å². The van der Waals surface area contributed by atoms with Crippen molar-refractivity contribution in [2.24, 2.45) is 17.3 Å². The van der Waals surface area contributed by atoms with Gasteiger partial charge >= 0.3 is 5.97 Å². The summed E-state index contributed by atoms with van der Waals surface area (Å²) in [6.07, 6.45) is 7.41. The third-order valence-electron chi connectivity index (χ3n) is 5.36. The highest BCUT2D eigenvalue weighted by molar-refractivity contribution is 5.69. The zero-order valence-corrected chi connectivity index (χ0v) is 13.5. The first kappa shape index (κ1) is 16.5. The Labute approximate surface area is 119 Å². The molecule has 19 heavy (non-hydrogen) atoms.